The van der Waals surface area contributed by atoms with Gasteiger partial charge in [0.05, 0.1) is 11.2 Å². The van der Waals surface area contributed by atoms with Gasteiger partial charge in [-0.15, -0.1) is 0 Å². The smallest absolute Gasteiger partial charge is 0.269 e. The van der Waals surface area contributed by atoms with Gasteiger partial charge in [0, 0.05) is 12.7 Å². The molecule has 1 aliphatic heterocycles. The van der Waals surface area contributed by atoms with Gasteiger partial charge in [-0.2, -0.15) is 5.10 Å². The van der Waals surface area contributed by atoms with E-state index in [1.165, 1.54) is 0 Å². The second kappa shape index (κ2) is 3.66. The summed E-state index contributed by atoms with van der Waals surface area (Å²) in [4.78, 5) is 16.1. The zero-order chi connectivity index (χ0) is 12.8. The van der Waals surface area contributed by atoms with Crippen molar-refractivity contribution in [3.63, 3.8) is 0 Å². The molecular weight excluding hydrogens is 228 g/mol. The molecule has 0 aliphatic carbocycles. The van der Waals surface area contributed by atoms with Crippen molar-refractivity contribution < 1.29 is 4.79 Å². The number of carbonyl (C=O) groups excluding carboxylic acids is 1. The maximum atomic E-state index is 11.8. The van der Waals surface area contributed by atoms with Gasteiger partial charge < -0.3 is 5.32 Å². The van der Waals surface area contributed by atoms with E-state index in [1.807, 2.05) is 32.0 Å². The van der Waals surface area contributed by atoms with E-state index in [2.05, 4.69) is 15.4 Å². The molecule has 3 heterocycles. The number of nitrogens with zero attached hydrogens (tertiary/aromatic N) is 3. The molecule has 0 bridgehead atoms. The van der Waals surface area contributed by atoms with Crippen LogP contribution in [0.25, 0.3) is 11.4 Å². The summed E-state index contributed by atoms with van der Waals surface area (Å²) in [6.45, 7) is 4.68. The summed E-state index contributed by atoms with van der Waals surface area (Å²) in [5, 5.41) is 7.39. The molecule has 0 aromatic carbocycles. The summed E-state index contributed by atoms with van der Waals surface area (Å²) >= 11 is 0. The normalized spacial score (nSPS) is 17.1. The Morgan fingerprint density at radius 2 is 2.17 bits per heavy atom. The highest BCUT2D eigenvalue weighted by Crippen LogP contribution is 2.25. The molecule has 5 heteroatoms. The van der Waals surface area contributed by atoms with E-state index in [0.717, 1.165) is 11.4 Å². The van der Waals surface area contributed by atoms with Gasteiger partial charge in [-0.05, 0) is 32.0 Å². The molecule has 0 unspecified atom stereocenters. The van der Waals surface area contributed by atoms with Crippen molar-refractivity contribution in [2.45, 2.75) is 19.4 Å². The largest absolute Gasteiger partial charge is 0.348 e. The predicted molar refractivity (Wildman–Crippen MR) is 67.1 cm³/mol. The second-order valence-electron chi connectivity index (χ2n) is 5.04. The minimum atomic E-state index is -0.212. The van der Waals surface area contributed by atoms with E-state index in [4.69, 9.17) is 0 Å². The Labute approximate surface area is 105 Å². The van der Waals surface area contributed by atoms with Gasteiger partial charge in [0.1, 0.15) is 11.4 Å². The Morgan fingerprint density at radius 1 is 1.33 bits per heavy atom. The van der Waals surface area contributed by atoms with Gasteiger partial charge in [0.15, 0.2) is 0 Å². The molecule has 18 heavy (non-hydrogen) atoms. The third-order valence-corrected chi connectivity index (χ3v) is 3.12. The van der Waals surface area contributed by atoms with E-state index < -0.39 is 0 Å². The maximum Gasteiger partial charge on any atom is 0.269 e. The van der Waals surface area contributed by atoms with Crippen LogP contribution >= 0.6 is 0 Å². The highest BCUT2D eigenvalue weighted by molar-refractivity contribution is 5.94. The van der Waals surface area contributed by atoms with Crippen LogP contribution in [-0.2, 0) is 5.54 Å². The molecule has 2 aromatic rings. The van der Waals surface area contributed by atoms with Gasteiger partial charge in [-0.1, -0.05) is 6.07 Å². The third-order valence-electron chi connectivity index (χ3n) is 3.12. The monoisotopic (exact) mass is 242 g/mol. The van der Waals surface area contributed by atoms with E-state index in [0.29, 0.717) is 12.2 Å². The van der Waals surface area contributed by atoms with Crippen LogP contribution < -0.4 is 5.32 Å². The number of fused-ring (bicyclic) bond motifs is 1. The number of hydrogen-bond donors (Lipinski definition) is 1. The molecule has 2 aromatic heterocycles. The number of nitrogens with one attached hydrogen (secondary N) is 1. The molecule has 3 rings (SSSR count). The second-order valence-corrected chi connectivity index (χ2v) is 5.04. The van der Waals surface area contributed by atoms with Crippen molar-refractivity contribution in [3.05, 3.63) is 36.2 Å². The fraction of sp³-hybridized carbons (Fsp3) is 0.308. The van der Waals surface area contributed by atoms with Crippen LogP contribution in [0.1, 0.15) is 24.3 Å². The van der Waals surface area contributed by atoms with E-state index >= 15 is 0 Å². The van der Waals surface area contributed by atoms with Crippen LogP contribution in [0.5, 0.6) is 0 Å². The van der Waals surface area contributed by atoms with E-state index in [-0.39, 0.29) is 11.4 Å². The maximum absolute atomic E-state index is 11.8. The van der Waals surface area contributed by atoms with Gasteiger partial charge in [-0.3, -0.25) is 14.5 Å². The first-order chi connectivity index (χ1) is 8.58. The lowest BCUT2D eigenvalue weighted by molar-refractivity contribution is 0.0877. The highest BCUT2D eigenvalue weighted by atomic mass is 16.2. The first-order valence-corrected chi connectivity index (χ1v) is 5.88. The summed E-state index contributed by atoms with van der Waals surface area (Å²) in [7, 11) is 0. The summed E-state index contributed by atoms with van der Waals surface area (Å²) in [6.07, 6.45) is 1.72. The van der Waals surface area contributed by atoms with Crippen LogP contribution in [0.15, 0.2) is 30.5 Å². The third kappa shape index (κ3) is 1.59. The van der Waals surface area contributed by atoms with Crippen molar-refractivity contribution in [1.29, 1.82) is 0 Å². The lowest BCUT2D eigenvalue weighted by Crippen LogP contribution is -2.48. The van der Waals surface area contributed by atoms with Gasteiger partial charge in [-0.25, -0.2) is 0 Å². The average molecular weight is 242 g/mol. The summed E-state index contributed by atoms with van der Waals surface area (Å²) < 4.78 is 1.79. The molecule has 1 aliphatic rings. The number of aromatic nitrogens is 3. The highest BCUT2D eigenvalue weighted by Gasteiger charge is 2.33. The Hall–Kier alpha value is -2.17. The molecule has 0 atom stereocenters. The molecule has 92 valence electrons. The number of amides is 1. The minimum Gasteiger partial charge on any atom is -0.348 e. The molecular formula is C13H14N4O. The first-order valence-electron chi connectivity index (χ1n) is 5.88. The molecule has 0 fully saturated rings. The van der Waals surface area contributed by atoms with Crippen molar-refractivity contribution in [1.82, 2.24) is 20.1 Å². The molecule has 0 radical (unpaired) electrons. The first kappa shape index (κ1) is 11.0. The van der Waals surface area contributed by atoms with Gasteiger partial charge in [0.2, 0.25) is 0 Å². The van der Waals surface area contributed by atoms with Gasteiger partial charge >= 0.3 is 0 Å². The fourth-order valence-corrected chi connectivity index (χ4v) is 2.11. The Morgan fingerprint density at radius 3 is 2.83 bits per heavy atom. The predicted octanol–water partition coefficient (Wildman–Crippen LogP) is 1.42. The quantitative estimate of drug-likeness (QED) is 0.822. The standard InChI is InChI=1S/C13H14N4O/c1-13(2)8-15-12(18)11-7-10(16-17(11)13)9-5-3-4-6-14-9/h3-7H,8H2,1-2H3,(H,15,18). The van der Waals surface area contributed by atoms with Crippen molar-refractivity contribution >= 4 is 5.91 Å². The van der Waals surface area contributed by atoms with Crippen LogP contribution in [0, 0.1) is 0 Å². The van der Waals surface area contributed by atoms with E-state index in [1.54, 1.807) is 16.9 Å². The van der Waals surface area contributed by atoms with Crippen LogP contribution in [0.2, 0.25) is 0 Å². The molecule has 0 saturated heterocycles. The zero-order valence-electron chi connectivity index (χ0n) is 10.3. The molecule has 0 spiro atoms. The summed E-state index contributed by atoms with van der Waals surface area (Å²) in [5.74, 6) is -0.0796. The summed E-state index contributed by atoms with van der Waals surface area (Å²) in [5.41, 5.74) is 1.89. The number of hydrogen-bond acceptors (Lipinski definition) is 3. The van der Waals surface area contributed by atoms with Crippen molar-refractivity contribution in [3.8, 4) is 11.4 Å². The van der Waals surface area contributed by atoms with Crippen LogP contribution in [0.3, 0.4) is 0 Å². The topological polar surface area (TPSA) is 59.8 Å². The van der Waals surface area contributed by atoms with Gasteiger partial charge in [0.25, 0.3) is 5.91 Å². The Balaban J connectivity index is 2.14. The fourth-order valence-electron chi connectivity index (χ4n) is 2.11. The number of rotatable bonds is 1. The van der Waals surface area contributed by atoms with Crippen LogP contribution in [-0.4, -0.2) is 27.2 Å². The number of carbonyl (C=O) groups is 1. The van der Waals surface area contributed by atoms with Crippen molar-refractivity contribution in [2.24, 2.45) is 0 Å². The lowest BCUT2D eigenvalue weighted by atomic mass is 10.0. The molecule has 1 N–H and O–H groups in total. The SMILES string of the molecule is CC1(C)CNC(=O)c2cc(-c3ccccn3)nn21. The zero-order valence-corrected chi connectivity index (χ0v) is 10.3. The Bertz CT molecular complexity index is 601. The molecule has 0 saturated carbocycles. The lowest BCUT2D eigenvalue weighted by Gasteiger charge is -2.31. The average Bonchev–Trinajstić information content (AvgIpc) is 2.82. The van der Waals surface area contributed by atoms with Crippen LogP contribution in [0.4, 0.5) is 0 Å². The van der Waals surface area contributed by atoms with Crippen molar-refractivity contribution in [2.75, 3.05) is 6.54 Å². The Kier molecular flexibility index (Phi) is 2.23. The molecule has 5 nitrogen and oxygen atoms in total. The molecule has 1 amide bonds. The number of pyridine rings is 1. The van der Waals surface area contributed by atoms with E-state index in [9.17, 15) is 4.79 Å². The summed E-state index contributed by atoms with van der Waals surface area (Å²) in [6, 6.07) is 7.44. The minimum absolute atomic E-state index is 0.0796.